The molecular formula is C11H13ClN2O2S2. The molecule has 0 atom stereocenters. The summed E-state index contributed by atoms with van der Waals surface area (Å²) in [7, 11) is -2.87. The lowest BCUT2D eigenvalue weighted by Crippen LogP contribution is -2.05. The minimum absolute atomic E-state index is 0.205. The molecule has 0 unspecified atom stereocenters. The Morgan fingerprint density at radius 1 is 1.39 bits per heavy atom. The molecule has 0 aliphatic carbocycles. The molecular weight excluding hydrogens is 292 g/mol. The number of thioether (sulfide) groups is 1. The van der Waals surface area contributed by atoms with Crippen molar-refractivity contribution in [3.63, 3.8) is 0 Å². The Bertz CT molecular complexity index is 652. The molecule has 2 rings (SSSR count). The minimum Gasteiger partial charge on any atom is -0.305 e. The number of fused-ring (bicyclic) bond motifs is 1. The van der Waals surface area contributed by atoms with E-state index in [-0.39, 0.29) is 5.75 Å². The Labute approximate surface area is 115 Å². The molecule has 0 saturated carbocycles. The normalized spacial score (nSPS) is 12.1. The van der Waals surface area contributed by atoms with Gasteiger partial charge in [0.15, 0.2) is 0 Å². The standard InChI is InChI=1S/C11H13ClN2O2S2/c1-18(15,16)5-4-17-8-10-7-14-6-9(12)2-3-11(14)13-10/h2-3,6-7H,4-5,8H2,1H3. The topological polar surface area (TPSA) is 51.4 Å². The lowest BCUT2D eigenvalue weighted by molar-refractivity contribution is 0.603. The number of hydrogen-bond donors (Lipinski definition) is 0. The van der Waals surface area contributed by atoms with E-state index in [1.165, 1.54) is 6.26 Å². The van der Waals surface area contributed by atoms with Gasteiger partial charge in [-0.3, -0.25) is 0 Å². The van der Waals surface area contributed by atoms with Gasteiger partial charge in [0.05, 0.1) is 16.5 Å². The van der Waals surface area contributed by atoms with Crippen LogP contribution < -0.4 is 0 Å². The van der Waals surface area contributed by atoms with E-state index in [0.717, 1.165) is 11.3 Å². The quantitative estimate of drug-likeness (QED) is 0.795. The third kappa shape index (κ3) is 3.90. The van der Waals surface area contributed by atoms with Gasteiger partial charge in [0.1, 0.15) is 15.5 Å². The number of halogens is 1. The maximum atomic E-state index is 11.0. The van der Waals surface area contributed by atoms with E-state index in [9.17, 15) is 8.42 Å². The highest BCUT2D eigenvalue weighted by Gasteiger charge is 2.04. The Balaban J connectivity index is 1.96. The largest absolute Gasteiger partial charge is 0.305 e. The van der Waals surface area contributed by atoms with Crippen molar-refractivity contribution in [2.75, 3.05) is 17.8 Å². The summed E-state index contributed by atoms with van der Waals surface area (Å²) in [6.45, 7) is 0. The van der Waals surface area contributed by atoms with Crippen molar-refractivity contribution >= 4 is 38.8 Å². The monoisotopic (exact) mass is 304 g/mol. The molecule has 0 fully saturated rings. The molecule has 0 aliphatic rings. The molecule has 0 amide bonds. The Kier molecular flexibility index (Phi) is 4.19. The maximum Gasteiger partial charge on any atom is 0.148 e. The number of aromatic nitrogens is 2. The zero-order valence-corrected chi connectivity index (χ0v) is 12.2. The van der Waals surface area contributed by atoms with Crippen molar-refractivity contribution in [3.05, 3.63) is 35.2 Å². The van der Waals surface area contributed by atoms with Crippen molar-refractivity contribution in [2.45, 2.75) is 5.75 Å². The first-order valence-corrected chi connectivity index (χ1v) is 8.92. The second-order valence-corrected chi connectivity index (χ2v) is 7.83. The molecule has 0 saturated heterocycles. The summed E-state index contributed by atoms with van der Waals surface area (Å²) in [5, 5.41) is 0.663. The number of nitrogens with zero attached hydrogens (tertiary/aromatic N) is 2. The van der Waals surface area contributed by atoms with Gasteiger partial charge in [-0.1, -0.05) is 11.6 Å². The average molecular weight is 305 g/mol. The summed E-state index contributed by atoms with van der Waals surface area (Å²) < 4.78 is 23.8. The Morgan fingerprint density at radius 2 is 2.17 bits per heavy atom. The fourth-order valence-electron chi connectivity index (χ4n) is 1.47. The van der Waals surface area contributed by atoms with Crippen LogP contribution >= 0.6 is 23.4 Å². The third-order valence-corrected chi connectivity index (χ3v) is 4.73. The van der Waals surface area contributed by atoms with Gasteiger partial charge < -0.3 is 4.40 Å². The van der Waals surface area contributed by atoms with E-state index in [4.69, 9.17) is 11.6 Å². The first-order chi connectivity index (χ1) is 8.44. The van der Waals surface area contributed by atoms with Gasteiger partial charge in [-0.25, -0.2) is 13.4 Å². The predicted octanol–water partition coefficient (Wildman–Crippen LogP) is 2.27. The van der Waals surface area contributed by atoms with Gasteiger partial charge in [0.2, 0.25) is 0 Å². The Hall–Kier alpha value is -0.720. The predicted molar refractivity (Wildman–Crippen MR) is 76.1 cm³/mol. The number of imidazole rings is 1. The van der Waals surface area contributed by atoms with Crippen molar-refractivity contribution < 1.29 is 8.42 Å². The zero-order valence-electron chi connectivity index (χ0n) is 9.84. The van der Waals surface area contributed by atoms with Crippen LogP contribution in [0.25, 0.3) is 5.65 Å². The summed E-state index contributed by atoms with van der Waals surface area (Å²) in [6, 6.07) is 3.65. The summed E-state index contributed by atoms with van der Waals surface area (Å²) in [5.41, 5.74) is 1.77. The smallest absolute Gasteiger partial charge is 0.148 e. The highest BCUT2D eigenvalue weighted by Crippen LogP contribution is 2.15. The number of rotatable bonds is 5. The SMILES string of the molecule is CS(=O)(=O)CCSCc1cn2cc(Cl)ccc2n1. The van der Waals surface area contributed by atoms with Gasteiger partial charge in [-0.2, -0.15) is 11.8 Å². The second-order valence-electron chi connectivity index (χ2n) is 4.03. The minimum atomic E-state index is -2.87. The van der Waals surface area contributed by atoms with Gasteiger partial charge in [0, 0.05) is 30.2 Å². The summed E-state index contributed by atoms with van der Waals surface area (Å²) in [4.78, 5) is 4.42. The molecule has 2 aromatic heterocycles. The molecule has 98 valence electrons. The van der Waals surface area contributed by atoms with Crippen LogP contribution in [0.4, 0.5) is 0 Å². The lowest BCUT2D eigenvalue weighted by Gasteiger charge is -1.97. The van der Waals surface area contributed by atoms with Crippen LogP contribution in [0.5, 0.6) is 0 Å². The first kappa shape index (κ1) is 13.7. The second kappa shape index (κ2) is 5.50. The number of pyridine rings is 1. The molecule has 0 N–H and O–H groups in total. The summed E-state index contributed by atoms with van der Waals surface area (Å²) >= 11 is 7.45. The summed E-state index contributed by atoms with van der Waals surface area (Å²) in [6.07, 6.45) is 4.96. The van der Waals surface area contributed by atoms with Crippen molar-refractivity contribution in [2.24, 2.45) is 0 Å². The van der Waals surface area contributed by atoms with E-state index in [1.54, 1.807) is 24.0 Å². The number of hydrogen-bond acceptors (Lipinski definition) is 4. The van der Waals surface area contributed by atoms with Gasteiger partial charge >= 0.3 is 0 Å². The highest BCUT2D eigenvalue weighted by atomic mass is 35.5. The molecule has 0 radical (unpaired) electrons. The first-order valence-electron chi connectivity index (χ1n) is 5.33. The number of sulfone groups is 1. The molecule has 0 spiro atoms. The van der Waals surface area contributed by atoms with E-state index < -0.39 is 9.84 Å². The van der Waals surface area contributed by atoms with Crippen LogP contribution in [-0.4, -0.2) is 35.6 Å². The van der Waals surface area contributed by atoms with Gasteiger partial charge in [-0.15, -0.1) is 0 Å². The molecule has 0 aromatic carbocycles. The van der Waals surface area contributed by atoms with Crippen LogP contribution in [0.3, 0.4) is 0 Å². The van der Waals surface area contributed by atoms with Crippen molar-refractivity contribution in [1.82, 2.24) is 9.38 Å². The van der Waals surface area contributed by atoms with Crippen LogP contribution in [0.15, 0.2) is 24.5 Å². The fraction of sp³-hybridized carbons (Fsp3) is 0.364. The zero-order chi connectivity index (χ0) is 13.2. The van der Waals surface area contributed by atoms with Crippen molar-refractivity contribution in [3.8, 4) is 0 Å². The fourth-order valence-corrected chi connectivity index (χ4v) is 3.82. The van der Waals surface area contributed by atoms with Crippen LogP contribution in [-0.2, 0) is 15.6 Å². The molecule has 0 aliphatic heterocycles. The van der Waals surface area contributed by atoms with Crippen LogP contribution in [0, 0.1) is 0 Å². The van der Waals surface area contributed by atoms with Crippen LogP contribution in [0.2, 0.25) is 5.02 Å². The Morgan fingerprint density at radius 3 is 2.89 bits per heavy atom. The average Bonchev–Trinajstić information content (AvgIpc) is 2.65. The molecule has 18 heavy (non-hydrogen) atoms. The third-order valence-electron chi connectivity index (χ3n) is 2.31. The van der Waals surface area contributed by atoms with Gasteiger partial charge in [-0.05, 0) is 12.1 Å². The highest BCUT2D eigenvalue weighted by molar-refractivity contribution is 7.99. The van der Waals surface area contributed by atoms with Gasteiger partial charge in [0.25, 0.3) is 0 Å². The lowest BCUT2D eigenvalue weighted by atomic mass is 10.5. The van der Waals surface area contributed by atoms with E-state index in [1.807, 2.05) is 16.7 Å². The molecule has 2 aromatic rings. The van der Waals surface area contributed by atoms with Crippen LogP contribution in [0.1, 0.15) is 5.69 Å². The molecule has 7 heteroatoms. The summed E-state index contributed by atoms with van der Waals surface area (Å²) in [5.74, 6) is 1.50. The van der Waals surface area contributed by atoms with E-state index in [2.05, 4.69) is 4.98 Å². The van der Waals surface area contributed by atoms with Crippen molar-refractivity contribution in [1.29, 1.82) is 0 Å². The van der Waals surface area contributed by atoms with E-state index in [0.29, 0.717) is 16.5 Å². The molecule has 2 heterocycles. The van der Waals surface area contributed by atoms with E-state index >= 15 is 0 Å². The maximum absolute atomic E-state index is 11.0. The molecule has 0 bridgehead atoms. The molecule has 4 nitrogen and oxygen atoms in total.